The average Bonchev–Trinajstić information content (AvgIpc) is 1.57. The van der Waals surface area contributed by atoms with Gasteiger partial charge in [0.2, 0.25) is 0 Å². The van der Waals surface area contributed by atoms with Gasteiger partial charge in [0.25, 0.3) is 0 Å². The van der Waals surface area contributed by atoms with E-state index in [-0.39, 0.29) is 0 Å². The minimum absolute atomic E-state index is 0.853. The molecule has 0 atom stereocenters. The van der Waals surface area contributed by atoms with Crippen molar-refractivity contribution in [1.82, 2.24) is 9.13 Å². The van der Waals surface area contributed by atoms with E-state index in [2.05, 4.69) is 425 Å². The maximum Gasteiger partial charge on any atom is 0.159 e. The lowest BCUT2D eigenvalue weighted by Crippen LogP contribution is -2.10. The van der Waals surface area contributed by atoms with Gasteiger partial charge in [0.1, 0.15) is 5.58 Å². The van der Waals surface area contributed by atoms with Crippen molar-refractivity contribution in [1.29, 1.82) is 0 Å². The molecule has 0 bridgehead atoms. The molecular formula is C104H68N4O. The molecule has 5 nitrogen and oxygen atoms in total. The minimum atomic E-state index is 0.853. The molecule has 510 valence electrons. The van der Waals surface area contributed by atoms with E-state index < -0.39 is 0 Å². The number of fused-ring (bicyclic) bond motifs is 11. The highest BCUT2D eigenvalue weighted by atomic mass is 16.3. The Balaban J connectivity index is 0.580. The van der Waals surface area contributed by atoms with Gasteiger partial charge in [-0.05, 0) is 234 Å². The summed E-state index contributed by atoms with van der Waals surface area (Å²) >= 11 is 0. The van der Waals surface area contributed by atoms with Crippen molar-refractivity contribution in [2.45, 2.75) is 0 Å². The molecule has 0 amide bonds. The second-order valence-corrected chi connectivity index (χ2v) is 28.4. The second kappa shape index (κ2) is 26.3. The van der Waals surface area contributed by atoms with E-state index in [9.17, 15) is 0 Å². The summed E-state index contributed by atoms with van der Waals surface area (Å²) in [5.74, 6) is 0. The zero-order valence-electron chi connectivity index (χ0n) is 59.5. The summed E-state index contributed by atoms with van der Waals surface area (Å²) in [6.45, 7) is 0. The van der Waals surface area contributed by atoms with E-state index in [0.29, 0.717) is 0 Å². The second-order valence-electron chi connectivity index (χ2n) is 28.4. The number of anilines is 6. The van der Waals surface area contributed by atoms with Crippen molar-refractivity contribution in [3.63, 3.8) is 0 Å². The van der Waals surface area contributed by atoms with Crippen LogP contribution in [0.15, 0.2) is 417 Å². The fourth-order valence-corrected chi connectivity index (χ4v) is 16.6. The molecule has 0 saturated carbocycles. The summed E-state index contributed by atoms with van der Waals surface area (Å²) in [5, 5.41) is 12.0. The van der Waals surface area contributed by atoms with Gasteiger partial charge in [0, 0.05) is 72.1 Å². The lowest BCUT2D eigenvalue weighted by Gasteiger charge is -2.26. The fraction of sp³-hybridized carbons (Fsp3) is 0. The van der Waals surface area contributed by atoms with Crippen molar-refractivity contribution in [3.05, 3.63) is 413 Å². The van der Waals surface area contributed by atoms with Crippen LogP contribution in [0.1, 0.15) is 0 Å². The number of nitrogens with zero attached hydrogens (tertiary/aromatic N) is 4. The summed E-state index contributed by atoms with van der Waals surface area (Å²) in [6, 6.07) is 150. The van der Waals surface area contributed by atoms with E-state index in [0.717, 1.165) is 117 Å². The summed E-state index contributed by atoms with van der Waals surface area (Å²) < 4.78 is 11.5. The predicted octanol–water partition coefficient (Wildman–Crippen LogP) is 29.0. The van der Waals surface area contributed by atoms with Gasteiger partial charge in [-0.25, -0.2) is 0 Å². The number of aromatic nitrogens is 2. The third kappa shape index (κ3) is 11.2. The molecular weight excluding hydrogens is 1320 g/mol. The van der Waals surface area contributed by atoms with E-state index in [4.69, 9.17) is 4.42 Å². The Morgan fingerprint density at radius 1 is 0.183 bits per heavy atom. The zero-order chi connectivity index (χ0) is 71.9. The molecule has 0 spiro atoms. The molecule has 0 unspecified atom stereocenters. The molecule has 0 aliphatic rings. The Bertz CT molecular complexity index is 7020. The number of benzene rings is 18. The quantitative estimate of drug-likeness (QED) is 0.109. The predicted molar refractivity (Wildman–Crippen MR) is 459 cm³/mol. The first-order valence-corrected chi connectivity index (χ1v) is 37.3. The third-order valence-corrected chi connectivity index (χ3v) is 22.1. The van der Waals surface area contributed by atoms with E-state index in [1.165, 1.54) is 81.9 Å². The van der Waals surface area contributed by atoms with E-state index >= 15 is 0 Å². The monoisotopic (exact) mass is 1390 g/mol. The molecule has 0 N–H and O–H groups in total. The summed E-state index contributed by atoms with van der Waals surface area (Å²) in [5.41, 5.74) is 28.9. The molecule has 0 aliphatic carbocycles. The summed E-state index contributed by atoms with van der Waals surface area (Å²) in [7, 11) is 0. The Labute approximate surface area is 631 Å². The highest BCUT2D eigenvalue weighted by molar-refractivity contribution is 6.16. The number of para-hydroxylation sites is 3. The van der Waals surface area contributed by atoms with Crippen LogP contribution in [-0.2, 0) is 0 Å². The van der Waals surface area contributed by atoms with Crippen LogP contribution in [0.2, 0.25) is 0 Å². The minimum Gasteiger partial charge on any atom is -0.454 e. The van der Waals surface area contributed by atoms with Gasteiger partial charge < -0.3 is 23.4 Å². The molecule has 3 heterocycles. The molecule has 109 heavy (non-hydrogen) atoms. The van der Waals surface area contributed by atoms with Crippen LogP contribution in [0.25, 0.3) is 165 Å². The van der Waals surface area contributed by atoms with Crippen LogP contribution < -0.4 is 9.80 Å². The number of hydrogen-bond acceptors (Lipinski definition) is 3. The van der Waals surface area contributed by atoms with Crippen molar-refractivity contribution >= 4 is 121 Å². The normalized spacial score (nSPS) is 11.7. The highest BCUT2D eigenvalue weighted by Gasteiger charge is 2.23. The van der Waals surface area contributed by atoms with Gasteiger partial charge in [-0.15, -0.1) is 0 Å². The molecule has 21 aromatic rings. The van der Waals surface area contributed by atoms with Gasteiger partial charge in [-0.2, -0.15) is 0 Å². The molecule has 0 saturated heterocycles. The van der Waals surface area contributed by atoms with E-state index in [1.54, 1.807) is 0 Å². The Kier molecular flexibility index (Phi) is 15.2. The van der Waals surface area contributed by atoms with Crippen LogP contribution in [-0.4, -0.2) is 9.13 Å². The van der Waals surface area contributed by atoms with Crippen molar-refractivity contribution < 1.29 is 4.42 Å². The molecule has 21 rings (SSSR count). The first kappa shape index (κ1) is 63.0. The van der Waals surface area contributed by atoms with Gasteiger partial charge in [-0.1, -0.05) is 267 Å². The third-order valence-electron chi connectivity index (χ3n) is 22.1. The SMILES string of the molecule is c1ccc(-c2ccc(N(c3ccc(-c4ccc(-n5c6ccccc6c6cc7ccccc7cc65)cc4)cc3)c3ccc(-c4cccc(-c5ccc6c(c5)c5cc7ccccc7cc5n6-c5ccc(-c6ccc(N(c7ccc(-c8ccccc8)cc7)c7cccc8c7oc7ccccc78)cc6)cc5)c4)cc3)cc2)cc1. The molecule has 0 radical (unpaired) electrons. The summed E-state index contributed by atoms with van der Waals surface area (Å²) in [6.07, 6.45) is 0. The van der Waals surface area contributed by atoms with Crippen LogP contribution >= 0.6 is 0 Å². The van der Waals surface area contributed by atoms with Crippen molar-refractivity contribution in [2.75, 3.05) is 9.80 Å². The summed E-state index contributed by atoms with van der Waals surface area (Å²) in [4.78, 5) is 4.68. The van der Waals surface area contributed by atoms with Gasteiger partial charge >= 0.3 is 0 Å². The molecule has 3 aromatic heterocycles. The smallest absolute Gasteiger partial charge is 0.159 e. The average molecular weight is 1390 g/mol. The number of rotatable bonds is 14. The maximum atomic E-state index is 6.68. The Morgan fingerprint density at radius 2 is 0.505 bits per heavy atom. The molecule has 18 aromatic carbocycles. The lowest BCUT2D eigenvalue weighted by atomic mass is 9.97. The van der Waals surface area contributed by atoms with Gasteiger partial charge in [0.05, 0.1) is 27.8 Å². The molecule has 0 aliphatic heterocycles. The zero-order valence-corrected chi connectivity index (χ0v) is 59.5. The van der Waals surface area contributed by atoms with Gasteiger partial charge in [-0.3, -0.25) is 0 Å². The van der Waals surface area contributed by atoms with Crippen molar-refractivity contribution in [2.24, 2.45) is 0 Å². The van der Waals surface area contributed by atoms with E-state index in [1.807, 2.05) is 6.07 Å². The molecule has 5 heteroatoms. The topological polar surface area (TPSA) is 29.5 Å². The number of hydrogen-bond donors (Lipinski definition) is 0. The van der Waals surface area contributed by atoms with Crippen LogP contribution in [0, 0.1) is 0 Å². The number of furan rings is 1. The Hall–Kier alpha value is -14.5. The largest absolute Gasteiger partial charge is 0.454 e. The first-order valence-electron chi connectivity index (χ1n) is 37.3. The van der Waals surface area contributed by atoms with Crippen molar-refractivity contribution in [3.8, 4) is 78.1 Å². The van der Waals surface area contributed by atoms with Crippen LogP contribution in [0.4, 0.5) is 34.1 Å². The maximum absolute atomic E-state index is 6.68. The molecule has 0 fully saturated rings. The van der Waals surface area contributed by atoms with Crippen LogP contribution in [0.5, 0.6) is 0 Å². The lowest BCUT2D eigenvalue weighted by molar-refractivity contribution is 0.669. The van der Waals surface area contributed by atoms with Gasteiger partial charge in [0.15, 0.2) is 5.58 Å². The standard InChI is InChI=1S/C104H68N4O/c1-3-17-69(18-4-1)71-33-48-85(49-34-71)105(86-50-35-73(36-51-86)75-41-58-90(59-42-75)107-98-30-13-11-27-92(98)95-64-80-21-7-9-23-82(80)67-101(95)107)87-52-45-77(46-53-87)78-25-15-26-79(63-78)84-47-62-99-96(66-84)97-65-81-22-8-10-24-83(81)68-102(97)108(99)91-60-43-76(44-61-91)74-39-56-89(57-40-74)106(88-54-37-72(38-55-88)70-19-5-2-6-20-70)100-31-16-29-94-93-28-12-14-32-103(93)109-104(94)100/h1-68H. The Morgan fingerprint density at radius 3 is 1.00 bits per heavy atom. The van der Waals surface area contributed by atoms with Crippen LogP contribution in [0.3, 0.4) is 0 Å². The first-order chi connectivity index (χ1) is 54.0. The fourth-order valence-electron chi connectivity index (χ4n) is 16.6. The highest BCUT2D eigenvalue weighted by Crippen LogP contribution is 2.46.